The average Bonchev–Trinajstić information content (AvgIpc) is 3.08. The highest BCUT2D eigenvalue weighted by atomic mass is 16.5. The first-order valence-corrected chi connectivity index (χ1v) is 9.71. The number of nitrogens with zero attached hydrogens (tertiary/aromatic N) is 2. The molecule has 0 unspecified atom stereocenters. The predicted molar refractivity (Wildman–Crippen MR) is 112 cm³/mol. The van der Waals surface area contributed by atoms with Gasteiger partial charge in [-0.3, -0.25) is 0 Å². The molecule has 1 atom stereocenters. The zero-order valence-corrected chi connectivity index (χ0v) is 16.6. The minimum Gasteiger partial charge on any atom is -0.493 e. The van der Waals surface area contributed by atoms with Crippen LogP contribution < -0.4 is 9.47 Å². The number of hydrogen-bond donors (Lipinski definition) is 1. The second-order valence-electron chi connectivity index (χ2n) is 6.74. The van der Waals surface area contributed by atoms with Crippen molar-refractivity contribution in [2.24, 2.45) is 0 Å². The Balaban J connectivity index is 1.78. The maximum absolute atomic E-state index is 10.5. The zero-order valence-electron chi connectivity index (χ0n) is 16.6. The van der Waals surface area contributed by atoms with E-state index in [0.29, 0.717) is 36.9 Å². The molecule has 0 aliphatic rings. The molecule has 0 amide bonds. The van der Waals surface area contributed by atoms with Crippen molar-refractivity contribution in [1.29, 1.82) is 0 Å². The Morgan fingerprint density at radius 3 is 2.79 bits per heavy atom. The third kappa shape index (κ3) is 4.37. The number of allylic oxidation sites excluding steroid dienone is 1. The maximum Gasteiger partial charge on any atom is 0.161 e. The number of aromatic nitrogens is 2. The van der Waals surface area contributed by atoms with Crippen molar-refractivity contribution < 1.29 is 14.6 Å². The molecule has 2 aromatic carbocycles. The molecule has 1 aromatic heterocycles. The quantitative estimate of drug-likeness (QED) is 0.519. The molecule has 5 nitrogen and oxygen atoms in total. The molecule has 1 N–H and O–H groups in total. The maximum atomic E-state index is 10.5. The summed E-state index contributed by atoms with van der Waals surface area (Å²) in [7, 11) is 1.64. The molecule has 0 radical (unpaired) electrons. The van der Waals surface area contributed by atoms with E-state index in [9.17, 15) is 5.11 Å². The molecule has 0 spiro atoms. The van der Waals surface area contributed by atoms with Gasteiger partial charge in [0, 0.05) is 0 Å². The SMILES string of the molecule is C=CCc1ccc(OCCn2c([C@H](O)CCC)nc3ccccc32)c(OC)c1. The Kier molecular flexibility index (Phi) is 6.71. The van der Waals surface area contributed by atoms with Gasteiger partial charge in [-0.25, -0.2) is 4.98 Å². The minimum atomic E-state index is -0.579. The van der Waals surface area contributed by atoms with E-state index in [2.05, 4.69) is 18.5 Å². The van der Waals surface area contributed by atoms with Crippen molar-refractivity contribution in [1.82, 2.24) is 9.55 Å². The highest BCUT2D eigenvalue weighted by Gasteiger charge is 2.17. The van der Waals surface area contributed by atoms with Crippen LogP contribution >= 0.6 is 0 Å². The van der Waals surface area contributed by atoms with Gasteiger partial charge in [0.05, 0.1) is 24.7 Å². The van der Waals surface area contributed by atoms with Gasteiger partial charge in [0.1, 0.15) is 18.5 Å². The number of imidazole rings is 1. The van der Waals surface area contributed by atoms with Crippen LogP contribution in [0, 0.1) is 0 Å². The lowest BCUT2D eigenvalue weighted by Crippen LogP contribution is -2.14. The van der Waals surface area contributed by atoms with Crippen LogP contribution in [-0.2, 0) is 13.0 Å². The number of hydrogen-bond acceptors (Lipinski definition) is 4. The van der Waals surface area contributed by atoms with Crippen molar-refractivity contribution in [2.45, 2.75) is 38.8 Å². The van der Waals surface area contributed by atoms with Crippen LogP contribution in [0.1, 0.15) is 37.3 Å². The number of fused-ring (bicyclic) bond motifs is 1. The number of benzene rings is 2. The van der Waals surface area contributed by atoms with E-state index < -0.39 is 6.10 Å². The van der Waals surface area contributed by atoms with Gasteiger partial charge in [0.2, 0.25) is 0 Å². The third-order valence-corrected chi connectivity index (χ3v) is 4.72. The number of methoxy groups -OCH3 is 1. The summed E-state index contributed by atoms with van der Waals surface area (Å²) in [5.41, 5.74) is 3.02. The molecule has 1 heterocycles. The Bertz CT molecular complexity index is 933. The van der Waals surface area contributed by atoms with Crippen molar-refractivity contribution in [3.63, 3.8) is 0 Å². The van der Waals surface area contributed by atoms with Gasteiger partial charge < -0.3 is 19.1 Å². The van der Waals surface area contributed by atoms with Gasteiger partial charge in [-0.15, -0.1) is 6.58 Å². The van der Waals surface area contributed by atoms with Gasteiger partial charge in [0.15, 0.2) is 11.5 Å². The van der Waals surface area contributed by atoms with E-state index in [1.807, 2.05) is 53.1 Å². The molecule has 0 bridgehead atoms. The largest absolute Gasteiger partial charge is 0.493 e. The molecule has 5 heteroatoms. The van der Waals surface area contributed by atoms with Crippen LogP contribution in [-0.4, -0.2) is 28.4 Å². The summed E-state index contributed by atoms with van der Waals surface area (Å²) < 4.78 is 13.5. The molecular weight excluding hydrogens is 352 g/mol. The minimum absolute atomic E-state index is 0.448. The van der Waals surface area contributed by atoms with Gasteiger partial charge in [0.25, 0.3) is 0 Å². The first-order valence-electron chi connectivity index (χ1n) is 9.71. The fraction of sp³-hybridized carbons (Fsp3) is 0.348. The summed E-state index contributed by atoms with van der Waals surface area (Å²) in [6.45, 7) is 6.87. The Morgan fingerprint density at radius 1 is 1.21 bits per heavy atom. The van der Waals surface area contributed by atoms with Crippen LogP contribution in [0.2, 0.25) is 0 Å². The Labute approximate surface area is 166 Å². The second kappa shape index (κ2) is 9.42. The lowest BCUT2D eigenvalue weighted by Gasteiger charge is -2.15. The number of aliphatic hydroxyl groups excluding tert-OH is 1. The van der Waals surface area contributed by atoms with E-state index in [0.717, 1.165) is 29.4 Å². The van der Waals surface area contributed by atoms with Crippen molar-refractivity contribution >= 4 is 11.0 Å². The number of rotatable bonds is 10. The van der Waals surface area contributed by atoms with E-state index in [-0.39, 0.29) is 0 Å². The van der Waals surface area contributed by atoms with Gasteiger partial charge in [-0.1, -0.05) is 37.6 Å². The normalized spacial score (nSPS) is 12.1. The average molecular weight is 380 g/mol. The molecule has 0 fully saturated rings. The third-order valence-electron chi connectivity index (χ3n) is 4.72. The Morgan fingerprint density at radius 2 is 2.04 bits per heavy atom. The molecule has 148 valence electrons. The van der Waals surface area contributed by atoms with Crippen LogP contribution in [0.5, 0.6) is 11.5 Å². The van der Waals surface area contributed by atoms with Crippen LogP contribution in [0.3, 0.4) is 0 Å². The van der Waals surface area contributed by atoms with Crippen LogP contribution in [0.15, 0.2) is 55.1 Å². The van der Waals surface area contributed by atoms with E-state index >= 15 is 0 Å². The summed E-state index contributed by atoms with van der Waals surface area (Å²) in [5, 5.41) is 10.5. The van der Waals surface area contributed by atoms with Gasteiger partial charge >= 0.3 is 0 Å². The number of aliphatic hydroxyl groups is 1. The molecule has 3 rings (SSSR count). The van der Waals surface area contributed by atoms with Crippen molar-refractivity contribution in [3.05, 3.63) is 66.5 Å². The summed E-state index contributed by atoms with van der Waals surface area (Å²) >= 11 is 0. The molecule has 28 heavy (non-hydrogen) atoms. The fourth-order valence-electron chi connectivity index (χ4n) is 3.36. The summed E-state index contributed by atoms with van der Waals surface area (Å²) in [6, 6.07) is 13.9. The first-order chi connectivity index (χ1) is 13.7. The second-order valence-corrected chi connectivity index (χ2v) is 6.74. The molecule has 0 saturated carbocycles. The van der Waals surface area contributed by atoms with E-state index in [4.69, 9.17) is 9.47 Å². The van der Waals surface area contributed by atoms with Crippen LogP contribution in [0.4, 0.5) is 0 Å². The monoisotopic (exact) mass is 380 g/mol. The lowest BCUT2D eigenvalue weighted by atomic mass is 10.1. The van der Waals surface area contributed by atoms with Crippen molar-refractivity contribution in [2.75, 3.05) is 13.7 Å². The smallest absolute Gasteiger partial charge is 0.161 e. The van der Waals surface area contributed by atoms with Gasteiger partial charge in [-0.05, 0) is 42.7 Å². The van der Waals surface area contributed by atoms with Crippen molar-refractivity contribution in [3.8, 4) is 11.5 Å². The topological polar surface area (TPSA) is 56.5 Å². The standard InChI is InChI=1S/C23H28N2O3/c1-4-8-17-12-13-21(22(16-17)27-3)28-15-14-25-19-11-7-6-10-18(19)24-23(25)20(26)9-5-2/h4,6-7,10-13,16,20,26H,1,5,8-9,14-15H2,2-3H3/t20-/m1/s1. The highest BCUT2D eigenvalue weighted by molar-refractivity contribution is 5.76. The van der Waals surface area contributed by atoms with Gasteiger partial charge in [-0.2, -0.15) is 0 Å². The lowest BCUT2D eigenvalue weighted by molar-refractivity contribution is 0.150. The fourth-order valence-corrected chi connectivity index (χ4v) is 3.36. The summed E-state index contributed by atoms with van der Waals surface area (Å²) in [5.74, 6) is 2.11. The number of ether oxygens (including phenoxy) is 2. The highest BCUT2D eigenvalue weighted by Crippen LogP contribution is 2.29. The predicted octanol–water partition coefficient (Wildman–Crippen LogP) is 4.69. The first kappa shape index (κ1) is 20.0. The molecular formula is C23H28N2O3. The molecule has 0 aliphatic heterocycles. The number of para-hydroxylation sites is 2. The summed E-state index contributed by atoms with van der Waals surface area (Å²) in [4.78, 5) is 4.65. The molecule has 3 aromatic rings. The van der Waals surface area contributed by atoms with E-state index in [1.54, 1.807) is 7.11 Å². The molecule has 0 aliphatic carbocycles. The van der Waals surface area contributed by atoms with E-state index in [1.165, 1.54) is 0 Å². The summed E-state index contributed by atoms with van der Waals surface area (Å²) in [6.07, 6.45) is 3.65. The molecule has 0 saturated heterocycles. The van der Waals surface area contributed by atoms with Crippen LogP contribution in [0.25, 0.3) is 11.0 Å². The Hall–Kier alpha value is -2.79. The zero-order chi connectivity index (χ0) is 19.9.